The molecule has 0 saturated carbocycles. The Balaban J connectivity index is 3.50. The first kappa shape index (κ1) is 9.98. The third-order valence-electron chi connectivity index (χ3n) is 1.69. The van der Waals surface area contributed by atoms with Crippen molar-refractivity contribution in [2.24, 2.45) is 0 Å². The standard InChI is InChI=1S/C8H10FNO2S/c1-5-3-7(10)6(9)4-8(5)13(2,11)12/h3-4H,10H2,1-2H3. The van der Waals surface area contributed by atoms with Crippen LogP contribution >= 0.6 is 0 Å². The fraction of sp³-hybridized carbons (Fsp3) is 0.250. The first-order valence-corrected chi connectivity index (χ1v) is 5.47. The van der Waals surface area contributed by atoms with E-state index in [4.69, 9.17) is 5.73 Å². The first-order chi connectivity index (χ1) is 5.82. The van der Waals surface area contributed by atoms with Crippen LogP contribution in [0, 0.1) is 12.7 Å². The van der Waals surface area contributed by atoms with E-state index in [-0.39, 0.29) is 10.6 Å². The van der Waals surface area contributed by atoms with Gasteiger partial charge in [0.1, 0.15) is 5.82 Å². The van der Waals surface area contributed by atoms with Gasteiger partial charge in [0, 0.05) is 6.26 Å². The van der Waals surface area contributed by atoms with Gasteiger partial charge in [-0.25, -0.2) is 12.8 Å². The minimum Gasteiger partial charge on any atom is -0.396 e. The van der Waals surface area contributed by atoms with Crippen molar-refractivity contribution in [3.63, 3.8) is 0 Å². The van der Waals surface area contributed by atoms with E-state index in [2.05, 4.69) is 0 Å². The van der Waals surface area contributed by atoms with E-state index in [1.54, 1.807) is 6.92 Å². The summed E-state index contributed by atoms with van der Waals surface area (Å²) in [4.78, 5) is -0.0146. The number of sulfone groups is 1. The molecule has 0 heterocycles. The van der Waals surface area contributed by atoms with Crippen molar-refractivity contribution in [1.29, 1.82) is 0 Å². The van der Waals surface area contributed by atoms with Crippen molar-refractivity contribution in [3.8, 4) is 0 Å². The van der Waals surface area contributed by atoms with Crippen LogP contribution in [0.15, 0.2) is 17.0 Å². The average Bonchev–Trinajstić information content (AvgIpc) is 1.94. The lowest BCUT2D eigenvalue weighted by molar-refractivity contribution is 0.596. The van der Waals surface area contributed by atoms with Crippen LogP contribution in [0.4, 0.5) is 10.1 Å². The van der Waals surface area contributed by atoms with Gasteiger partial charge in [0.2, 0.25) is 0 Å². The molecule has 0 aliphatic rings. The van der Waals surface area contributed by atoms with Crippen LogP contribution in [0.3, 0.4) is 0 Å². The molecule has 5 heteroatoms. The second kappa shape index (κ2) is 2.99. The SMILES string of the molecule is Cc1cc(N)c(F)cc1S(C)(=O)=O. The number of nitrogen functional groups attached to an aromatic ring is 1. The molecule has 1 aromatic rings. The maximum Gasteiger partial charge on any atom is 0.175 e. The van der Waals surface area contributed by atoms with E-state index in [0.29, 0.717) is 5.56 Å². The van der Waals surface area contributed by atoms with E-state index in [1.807, 2.05) is 0 Å². The number of nitrogens with two attached hydrogens (primary N) is 1. The zero-order valence-electron chi connectivity index (χ0n) is 7.33. The van der Waals surface area contributed by atoms with Gasteiger partial charge in [-0.1, -0.05) is 0 Å². The molecule has 0 aromatic heterocycles. The van der Waals surface area contributed by atoms with E-state index in [9.17, 15) is 12.8 Å². The van der Waals surface area contributed by atoms with Crippen LogP contribution in [-0.2, 0) is 9.84 Å². The molecular weight excluding hydrogens is 193 g/mol. The smallest absolute Gasteiger partial charge is 0.175 e. The Morgan fingerprint density at radius 2 is 1.92 bits per heavy atom. The van der Waals surface area contributed by atoms with Crippen LogP contribution in [0.2, 0.25) is 0 Å². The normalized spacial score (nSPS) is 11.6. The Kier molecular flexibility index (Phi) is 2.30. The van der Waals surface area contributed by atoms with Crippen LogP contribution in [0.25, 0.3) is 0 Å². The Labute approximate surface area is 76.3 Å². The maximum absolute atomic E-state index is 12.9. The maximum atomic E-state index is 12.9. The number of rotatable bonds is 1. The van der Waals surface area contributed by atoms with E-state index in [0.717, 1.165) is 12.3 Å². The van der Waals surface area contributed by atoms with Gasteiger partial charge in [-0.3, -0.25) is 0 Å². The van der Waals surface area contributed by atoms with Crippen molar-refractivity contribution in [1.82, 2.24) is 0 Å². The molecule has 0 radical (unpaired) electrons. The number of aryl methyl sites for hydroxylation is 1. The summed E-state index contributed by atoms with van der Waals surface area (Å²) in [6.07, 6.45) is 1.03. The van der Waals surface area contributed by atoms with Crippen molar-refractivity contribution >= 4 is 15.5 Å². The van der Waals surface area contributed by atoms with E-state index in [1.165, 1.54) is 6.07 Å². The van der Waals surface area contributed by atoms with Gasteiger partial charge in [-0.2, -0.15) is 0 Å². The lowest BCUT2D eigenvalue weighted by Crippen LogP contribution is -2.02. The zero-order valence-corrected chi connectivity index (χ0v) is 8.15. The zero-order chi connectivity index (χ0) is 10.2. The Morgan fingerprint density at radius 1 is 1.38 bits per heavy atom. The van der Waals surface area contributed by atoms with Crippen molar-refractivity contribution in [3.05, 3.63) is 23.5 Å². The molecule has 13 heavy (non-hydrogen) atoms. The lowest BCUT2D eigenvalue weighted by atomic mass is 10.2. The van der Waals surface area contributed by atoms with Crippen molar-refractivity contribution in [2.75, 3.05) is 12.0 Å². The van der Waals surface area contributed by atoms with Crippen LogP contribution < -0.4 is 5.73 Å². The molecule has 0 amide bonds. The summed E-state index contributed by atoms with van der Waals surface area (Å²) in [5.74, 6) is -0.703. The number of hydrogen-bond acceptors (Lipinski definition) is 3. The number of halogens is 1. The van der Waals surface area contributed by atoms with Crippen LogP contribution in [-0.4, -0.2) is 14.7 Å². The summed E-state index contributed by atoms with van der Waals surface area (Å²) in [6, 6.07) is 2.26. The molecule has 0 saturated heterocycles. The van der Waals surface area contributed by atoms with Crippen molar-refractivity contribution < 1.29 is 12.8 Å². The number of benzene rings is 1. The topological polar surface area (TPSA) is 60.2 Å². The molecular formula is C8H10FNO2S. The summed E-state index contributed by atoms with van der Waals surface area (Å²) >= 11 is 0. The Bertz CT molecular complexity index is 440. The molecule has 0 bridgehead atoms. The fourth-order valence-electron chi connectivity index (χ4n) is 1.09. The molecule has 0 atom stereocenters. The van der Waals surface area contributed by atoms with E-state index >= 15 is 0 Å². The van der Waals surface area contributed by atoms with Gasteiger partial charge in [0.05, 0.1) is 10.6 Å². The van der Waals surface area contributed by atoms with Gasteiger partial charge in [-0.05, 0) is 24.6 Å². The second-order valence-corrected chi connectivity index (χ2v) is 4.90. The molecule has 1 aromatic carbocycles. The Morgan fingerprint density at radius 3 is 2.38 bits per heavy atom. The lowest BCUT2D eigenvalue weighted by Gasteiger charge is -2.05. The molecule has 1 rings (SSSR count). The summed E-state index contributed by atoms with van der Waals surface area (Å²) in [7, 11) is -3.37. The molecule has 0 unspecified atom stereocenters. The number of hydrogen-bond donors (Lipinski definition) is 1. The highest BCUT2D eigenvalue weighted by molar-refractivity contribution is 7.90. The average molecular weight is 203 g/mol. The number of anilines is 1. The van der Waals surface area contributed by atoms with Crippen LogP contribution in [0.1, 0.15) is 5.56 Å². The predicted molar refractivity (Wildman–Crippen MR) is 48.7 cm³/mol. The third-order valence-corrected chi connectivity index (χ3v) is 2.93. The molecule has 72 valence electrons. The highest BCUT2D eigenvalue weighted by atomic mass is 32.2. The highest BCUT2D eigenvalue weighted by Gasteiger charge is 2.13. The summed E-state index contributed by atoms with van der Waals surface area (Å²) < 4.78 is 35.1. The molecule has 3 nitrogen and oxygen atoms in total. The summed E-state index contributed by atoms with van der Waals surface area (Å²) in [5.41, 5.74) is 5.69. The third kappa shape index (κ3) is 1.98. The van der Waals surface area contributed by atoms with Gasteiger partial charge in [0.25, 0.3) is 0 Å². The molecule has 0 fully saturated rings. The first-order valence-electron chi connectivity index (χ1n) is 3.58. The van der Waals surface area contributed by atoms with Crippen molar-refractivity contribution in [2.45, 2.75) is 11.8 Å². The minimum atomic E-state index is -3.37. The van der Waals surface area contributed by atoms with Gasteiger partial charge in [-0.15, -0.1) is 0 Å². The minimum absolute atomic E-state index is 0.0146. The van der Waals surface area contributed by atoms with Crippen LogP contribution in [0.5, 0.6) is 0 Å². The molecule has 2 N–H and O–H groups in total. The largest absolute Gasteiger partial charge is 0.396 e. The van der Waals surface area contributed by atoms with Gasteiger partial charge in [0.15, 0.2) is 9.84 Å². The second-order valence-electron chi connectivity index (χ2n) is 2.91. The summed E-state index contributed by atoms with van der Waals surface area (Å²) in [5, 5.41) is 0. The van der Waals surface area contributed by atoms with Gasteiger partial charge >= 0.3 is 0 Å². The quantitative estimate of drug-likeness (QED) is 0.696. The monoisotopic (exact) mass is 203 g/mol. The van der Waals surface area contributed by atoms with E-state index < -0.39 is 15.7 Å². The highest BCUT2D eigenvalue weighted by Crippen LogP contribution is 2.20. The van der Waals surface area contributed by atoms with Gasteiger partial charge < -0.3 is 5.73 Å². The Hall–Kier alpha value is -1.10. The molecule has 0 aliphatic carbocycles. The predicted octanol–water partition coefficient (Wildman–Crippen LogP) is 1.12. The molecule has 0 spiro atoms. The molecule has 0 aliphatic heterocycles. The summed E-state index contributed by atoms with van der Waals surface area (Å²) in [6.45, 7) is 1.58. The fourth-order valence-corrected chi connectivity index (χ4v) is 2.05.